The first-order chi connectivity index (χ1) is 9.20. The predicted octanol–water partition coefficient (Wildman–Crippen LogP) is 2.73. The van der Waals surface area contributed by atoms with Crippen LogP contribution in [-0.2, 0) is 6.54 Å². The zero-order chi connectivity index (χ0) is 13.7. The Hall–Kier alpha value is -1.16. The Balaban J connectivity index is 2.09. The van der Waals surface area contributed by atoms with Crippen molar-refractivity contribution in [2.45, 2.75) is 58.5 Å². The third kappa shape index (κ3) is 3.90. The fraction of sp³-hybridized carbons (Fsp3) is 0.733. The fourth-order valence-corrected chi connectivity index (χ4v) is 2.70. The number of hydrogen-bond acceptors (Lipinski definition) is 4. The highest BCUT2D eigenvalue weighted by Crippen LogP contribution is 2.27. The van der Waals surface area contributed by atoms with Gasteiger partial charge in [-0.3, -0.25) is 4.98 Å². The quantitative estimate of drug-likeness (QED) is 0.856. The van der Waals surface area contributed by atoms with E-state index in [2.05, 4.69) is 28.7 Å². The zero-order valence-corrected chi connectivity index (χ0v) is 12.2. The number of aromatic nitrogens is 2. The summed E-state index contributed by atoms with van der Waals surface area (Å²) >= 11 is 0. The van der Waals surface area contributed by atoms with E-state index in [4.69, 9.17) is 5.73 Å². The summed E-state index contributed by atoms with van der Waals surface area (Å²) in [4.78, 5) is 11.4. The molecule has 1 aliphatic carbocycles. The molecule has 0 amide bonds. The Kier molecular flexibility index (Phi) is 5.14. The molecule has 0 aliphatic heterocycles. The van der Waals surface area contributed by atoms with Gasteiger partial charge in [-0.05, 0) is 25.2 Å². The summed E-state index contributed by atoms with van der Waals surface area (Å²) in [5.74, 6) is 1.74. The number of anilines is 1. The molecule has 0 saturated heterocycles. The van der Waals surface area contributed by atoms with Gasteiger partial charge in [-0.15, -0.1) is 0 Å². The molecule has 1 aromatic heterocycles. The summed E-state index contributed by atoms with van der Waals surface area (Å²) in [6.07, 6.45) is 10.2. The van der Waals surface area contributed by atoms with E-state index in [9.17, 15) is 0 Å². The molecule has 4 heteroatoms. The lowest BCUT2D eigenvalue weighted by atomic mass is 10.1. The average Bonchev–Trinajstić information content (AvgIpc) is 2.93. The maximum absolute atomic E-state index is 5.58. The Morgan fingerprint density at radius 3 is 2.53 bits per heavy atom. The third-order valence-corrected chi connectivity index (χ3v) is 3.91. The summed E-state index contributed by atoms with van der Waals surface area (Å²) < 4.78 is 0. The number of nitrogens with zero attached hydrogens (tertiary/aromatic N) is 3. The van der Waals surface area contributed by atoms with Crippen LogP contribution in [0.25, 0.3) is 0 Å². The van der Waals surface area contributed by atoms with E-state index in [0.29, 0.717) is 12.6 Å². The Bertz CT molecular complexity index is 368. The van der Waals surface area contributed by atoms with Crippen LogP contribution in [0.4, 0.5) is 5.82 Å². The highest BCUT2D eigenvalue weighted by atomic mass is 15.2. The summed E-state index contributed by atoms with van der Waals surface area (Å²) in [6, 6.07) is 0.650. The molecule has 4 nitrogen and oxygen atoms in total. The molecule has 0 unspecified atom stereocenters. The lowest BCUT2D eigenvalue weighted by Crippen LogP contribution is -2.35. The zero-order valence-electron chi connectivity index (χ0n) is 12.2. The van der Waals surface area contributed by atoms with Crippen molar-refractivity contribution in [3.63, 3.8) is 0 Å². The highest BCUT2D eigenvalue weighted by Gasteiger charge is 2.23. The van der Waals surface area contributed by atoms with Gasteiger partial charge >= 0.3 is 0 Å². The number of rotatable bonds is 6. The molecule has 1 saturated carbocycles. The minimum atomic E-state index is 0.461. The molecule has 0 spiro atoms. The summed E-state index contributed by atoms with van der Waals surface area (Å²) in [5, 5.41) is 0. The van der Waals surface area contributed by atoms with Crippen molar-refractivity contribution >= 4 is 5.82 Å². The average molecular weight is 262 g/mol. The van der Waals surface area contributed by atoms with Crippen molar-refractivity contribution in [1.29, 1.82) is 0 Å². The van der Waals surface area contributed by atoms with E-state index in [1.165, 1.54) is 32.1 Å². The van der Waals surface area contributed by atoms with Crippen LogP contribution in [0, 0.1) is 5.92 Å². The van der Waals surface area contributed by atoms with E-state index in [0.717, 1.165) is 24.0 Å². The lowest BCUT2D eigenvalue weighted by Gasteiger charge is -2.30. The summed E-state index contributed by atoms with van der Waals surface area (Å²) in [7, 11) is 0. The first-order valence-electron chi connectivity index (χ1n) is 7.48. The van der Waals surface area contributed by atoms with Gasteiger partial charge in [0.25, 0.3) is 0 Å². The summed E-state index contributed by atoms with van der Waals surface area (Å²) in [6.45, 7) is 6.09. The highest BCUT2D eigenvalue weighted by molar-refractivity contribution is 5.37. The van der Waals surface area contributed by atoms with Gasteiger partial charge in [-0.1, -0.05) is 26.7 Å². The molecule has 2 N–H and O–H groups in total. The van der Waals surface area contributed by atoms with Crippen molar-refractivity contribution in [3.8, 4) is 0 Å². The van der Waals surface area contributed by atoms with Gasteiger partial charge in [0.05, 0.1) is 18.1 Å². The summed E-state index contributed by atoms with van der Waals surface area (Å²) in [5.41, 5.74) is 6.44. The molecule has 2 rings (SSSR count). The molecule has 0 aromatic carbocycles. The number of nitrogens with two attached hydrogens (primary N) is 1. The van der Waals surface area contributed by atoms with Crippen molar-refractivity contribution in [1.82, 2.24) is 9.97 Å². The Morgan fingerprint density at radius 1 is 1.26 bits per heavy atom. The van der Waals surface area contributed by atoms with Crippen molar-refractivity contribution in [2.75, 3.05) is 11.4 Å². The lowest BCUT2D eigenvalue weighted by molar-refractivity contribution is 0.524. The van der Waals surface area contributed by atoms with Gasteiger partial charge in [0.15, 0.2) is 0 Å². The monoisotopic (exact) mass is 262 g/mol. The predicted molar refractivity (Wildman–Crippen MR) is 79.0 cm³/mol. The normalized spacial score (nSPS) is 16.2. The van der Waals surface area contributed by atoms with Crippen LogP contribution in [-0.4, -0.2) is 22.6 Å². The SMILES string of the molecule is CC(C)CCN(c1cnc(CN)cn1)C1CCCC1. The topological polar surface area (TPSA) is 55.0 Å². The van der Waals surface area contributed by atoms with Gasteiger partial charge in [-0.2, -0.15) is 0 Å². The van der Waals surface area contributed by atoms with Crippen molar-refractivity contribution in [2.24, 2.45) is 11.7 Å². The number of hydrogen-bond donors (Lipinski definition) is 1. The maximum Gasteiger partial charge on any atom is 0.147 e. The second-order valence-corrected chi connectivity index (χ2v) is 5.88. The van der Waals surface area contributed by atoms with Gasteiger partial charge in [0.2, 0.25) is 0 Å². The molecule has 1 aromatic rings. The van der Waals surface area contributed by atoms with E-state index >= 15 is 0 Å². The van der Waals surface area contributed by atoms with Crippen LogP contribution in [0.5, 0.6) is 0 Å². The molecule has 19 heavy (non-hydrogen) atoms. The van der Waals surface area contributed by atoms with Crippen LogP contribution >= 0.6 is 0 Å². The smallest absolute Gasteiger partial charge is 0.147 e. The van der Waals surface area contributed by atoms with Gasteiger partial charge in [0, 0.05) is 19.1 Å². The van der Waals surface area contributed by atoms with E-state index < -0.39 is 0 Å². The molecular weight excluding hydrogens is 236 g/mol. The fourth-order valence-electron chi connectivity index (χ4n) is 2.70. The van der Waals surface area contributed by atoms with Crippen LogP contribution < -0.4 is 10.6 Å². The standard InChI is InChI=1S/C15H26N4/c1-12(2)7-8-19(14-5-3-4-6-14)15-11-17-13(9-16)10-18-15/h10-12,14H,3-9,16H2,1-2H3. The van der Waals surface area contributed by atoms with Gasteiger partial charge in [0.1, 0.15) is 5.82 Å². The van der Waals surface area contributed by atoms with Crippen LogP contribution in [0.1, 0.15) is 51.6 Å². The van der Waals surface area contributed by atoms with Crippen molar-refractivity contribution in [3.05, 3.63) is 18.1 Å². The maximum atomic E-state index is 5.58. The van der Waals surface area contributed by atoms with E-state index in [-0.39, 0.29) is 0 Å². The Labute approximate surface area is 116 Å². The van der Waals surface area contributed by atoms with Crippen LogP contribution in [0.15, 0.2) is 12.4 Å². The molecule has 1 heterocycles. The van der Waals surface area contributed by atoms with Crippen LogP contribution in [0.3, 0.4) is 0 Å². The molecule has 0 radical (unpaired) electrons. The second kappa shape index (κ2) is 6.85. The molecule has 1 aliphatic rings. The first-order valence-corrected chi connectivity index (χ1v) is 7.48. The molecule has 1 fully saturated rings. The van der Waals surface area contributed by atoms with E-state index in [1.807, 2.05) is 12.4 Å². The third-order valence-electron chi connectivity index (χ3n) is 3.91. The Morgan fingerprint density at radius 2 is 2.00 bits per heavy atom. The molecular formula is C15H26N4. The minimum absolute atomic E-state index is 0.461. The second-order valence-electron chi connectivity index (χ2n) is 5.88. The van der Waals surface area contributed by atoms with E-state index in [1.54, 1.807) is 0 Å². The molecule has 0 atom stereocenters. The molecule has 0 bridgehead atoms. The van der Waals surface area contributed by atoms with Crippen LogP contribution in [0.2, 0.25) is 0 Å². The van der Waals surface area contributed by atoms with Crippen molar-refractivity contribution < 1.29 is 0 Å². The largest absolute Gasteiger partial charge is 0.352 e. The van der Waals surface area contributed by atoms with Gasteiger partial charge < -0.3 is 10.6 Å². The first kappa shape index (κ1) is 14.3. The van der Waals surface area contributed by atoms with Gasteiger partial charge in [-0.25, -0.2) is 4.98 Å². The minimum Gasteiger partial charge on any atom is -0.352 e. The molecule has 106 valence electrons.